The Bertz CT molecular complexity index is 451. The Labute approximate surface area is 122 Å². The lowest BCUT2D eigenvalue weighted by molar-refractivity contribution is -0.139. The molecule has 0 aliphatic carbocycles. The largest absolute Gasteiger partial charge is 0.369 e. The predicted octanol–water partition coefficient (Wildman–Crippen LogP) is -1.44. The van der Waals surface area contributed by atoms with Gasteiger partial charge in [0.15, 0.2) is 11.9 Å². The molecule has 8 nitrogen and oxygen atoms in total. The van der Waals surface area contributed by atoms with Crippen molar-refractivity contribution in [2.75, 3.05) is 13.7 Å². The van der Waals surface area contributed by atoms with Crippen LogP contribution in [0.1, 0.15) is 26.2 Å². The van der Waals surface area contributed by atoms with E-state index >= 15 is 0 Å². The zero-order valence-electron chi connectivity index (χ0n) is 12.2. The van der Waals surface area contributed by atoms with E-state index < -0.39 is 24.0 Å². The molecule has 0 bridgehead atoms. The molecule has 1 fully saturated rings. The second kappa shape index (κ2) is 7.16. The number of nitrogens with two attached hydrogens (primary N) is 2. The van der Waals surface area contributed by atoms with Crippen LogP contribution in [0.15, 0.2) is 0 Å². The molecule has 1 aliphatic rings. The molecule has 0 aromatic rings. The highest BCUT2D eigenvalue weighted by Crippen LogP contribution is 2.17. The Morgan fingerprint density at radius 2 is 2.00 bits per heavy atom. The van der Waals surface area contributed by atoms with Gasteiger partial charge in [-0.05, 0) is 12.8 Å². The smallest absolute Gasteiger partial charge is 0.249 e. The first-order valence-electron chi connectivity index (χ1n) is 6.74. The third-order valence-corrected chi connectivity index (χ3v) is 3.63. The summed E-state index contributed by atoms with van der Waals surface area (Å²) in [5, 5.41) is 0. The zero-order chi connectivity index (χ0) is 16.2. The Morgan fingerprint density at radius 1 is 1.38 bits per heavy atom. The van der Waals surface area contributed by atoms with Crippen molar-refractivity contribution in [2.45, 2.75) is 38.3 Å². The van der Waals surface area contributed by atoms with Gasteiger partial charge >= 0.3 is 0 Å². The van der Waals surface area contributed by atoms with Crippen molar-refractivity contribution >= 4 is 23.5 Å². The molecule has 0 saturated carbocycles. The van der Waals surface area contributed by atoms with Crippen molar-refractivity contribution < 1.29 is 23.9 Å². The summed E-state index contributed by atoms with van der Waals surface area (Å²) in [4.78, 5) is 47.1. The number of ketones is 1. The number of nitrogens with zero attached hydrogens (tertiary/aromatic N) is 1. The van der Waals surface area contributed by atoms with Crippen LogP contribution >= 0.6 is 0 Å². The van der Waals surface area contributed by atoms with Gasteiger partial charge in [-0.25, -0.2) is 0 Å². The van der Waals surface area contributed by atoms with Gasteiger partial charge in [0.25, 0.3) is 0 Å². The predicted molar refractivity (Wildman–Crippen MR) is 72.7 cm³/mol. The molecule has 1 saturated heterocycles. The van der Waals surface area contributed by atoms with E-state index in [1.54, 1.807) is 6.92 Å². The molecule has 3 atom stereocenters. The van der Waals surface area contributed by atoms with Gasteiger partial charge in [-0.1, -0.05) is 6.92 Å². The summed E-state index contributed by atoms with van der Waals surface area (Å²) < 4.78 is 5.01. The minimum Gasteiger partial charge on any atom is -0.369 e. The van der Waals surface area contributed by atoms with Crippen LogP contribution in [0.3, 0.4) is 0 Å². The van der Waals surface area contributed by atoms with Crippen molar-refractivity contribution in [1.82, 2.24) is 4.90 Å². The number of Topliss-reactive ketones (excluding diaryl/α,β-unsaturated/α-hetero) is 1. The summed E-state index contributed by atoms with van der Waals surface area (Å²) >= 11 is 0. The van der Waals surface area contributed by atoms with Crippen molar-refractivity contribution in [2.24, 2.45) is 17.4 Å². The topological polar surface area (TPSA) is 133 Å². The van der Waals surface area contributed by atoms with Gasteiger partial charge in [0.05, 0.1) is 0 Å². The second-order valence-electron chi connectivity index (χ2n) is 5.25. The SMILES string of the molecule is CC(CCCC(=O)N(C)C1C(=O)COC1C(N)=O)C(N)=O. The Hall–Kier alpha value is -1.96. The lowest BCUT2D eigenvalue weighted by atomic mass is 10.0. The number of carbonyl (C=O) groups excluding carboxylic acids is 4. The lowest BCUT2D eigenvalue weighted by Crippen LogP contribution is -2.50. The highest BCUT2D eigenvalue weighted by Gasteiger charge is 2.43. The molecule has 118 valence electrons. The highest BCUT2D eigenvalue weighted by molar-refractivity contribution is 5.98. The van der Waals surface area contributed by atoms with E-state index in [1.165, 1.54) is 11.9 Å². The maximum Gasteiger partial charge on any atom is 0.249 e. The molecule has 8 heteroatoms. The number of hydrogen-bond acceptors (Lipinski definition) is 5. The summed E-state index contributed by atoms with van der Waals surface area (Å²) in [6, 6.07) is -0.969. The number of rotatable bonds is 7. The fourth-order valence-corrected chi connectivity index (χ4v) is 2.21. The minimum atomic E-state index is -1.10. The maximum atomic E-state index is 12.0. The monoisotopic (exact) mass is 299 g/mol. The summed E-state index contributed by atoms with van der Waals surface area (Å²) in [5.74, 6) is -2.14. The van der Waals surface area contributed by atoms with Gasteiger partial charge in [0.1, 0.15) is 12.6 Å². The molecule has 0 aromatic heterocycles. The number of amides is 3. The summed E-state index contributed by atoms with van der Waals surface area (Å²) in [7, 11) is 1.44. The van der Waals surface area contributed by atoms with E-state index in [0.29, 0.717) is 12.8 Å². The second-order valence-corrected chi connectivity index (χ2v) is 5.25. The molecular formula is C13H21N3O5. The van der Waals surface area contributed by atoms with Crippen LogP contribution in [0.4, 0.5) is 0 Å². The molecule has 21 heavy (non-hydrogen) atoms. The Morgan fingerprint density at radius 3 is 2.52 bits per heavy atom. The summed E-state index contributed by atoms with van der Waals surface area (Å²) in [6.45, 7) is 1.46. The van der Waals surface area contributed by atoms with E-state index in [0.717, 1.165) is 0 Å². The standard InChI is InChI=1S/C13H21N3O5/c1-7(12(14)19)4-3-5-9(18)16(2)10-8(17)6-21-11(10)13(15)20/h7,10-11H,3-6H2,1-2H3,(H2,14,19)(H2,15,20). The summed E-state index contributed by atoms with van der Waals surface area (Å²) in [6.07, 6.45) is 0.0131. The van der Waals surface area contributed by atoms with Crippen molar-refractivity contribution in [3.05, 3.63) is 0 Å². The highest BCUT2D eigenvalue weighted by atomic mass is 16.5. The lowest BCUT2D eigenvalue weighted by Gasteiger charge is -2.25. The van der Waals surface area contributed by atoms with Crippen LogP contribution in [-0.2, 0) is 23.9 Å². The molecule has 0 radical (unpaired) electrons. The number of likely N-dealkylation sites (N-methyl/N-ethyl adjacent to an activating group) is 1. The van der Waals surface area contributed by atoms with E-state index in [-0.39, 0.29) is 30.6 Å². The van der Waals surface area contributed by atoms with Gasteiger partial charge in [0, 0.05) is 19.4 Å². The van der Waals surface area contributed by atoms with Crippen molar-refractivity contribution in [1.29, 1.82) is 0 Å². The number of primary amides is 2. The van der Waals surface area contributed by atoms with Crippen LogP contribution in [0, 0.1) is 5.92 Å². The molecule has 3 unspecified atom stereocenters. The number of hydrogen-bond donors (Lipinski definition) is 2. The third kappa shape index (κ3) is 4.25. The fraction of sp³-hybridized carbons (Fsp3) is 0.692. The van der Waals surface area contributed by atoms with E-state index in [2.05, 4.69) is 0 Å². The van der Waals surface area contributed by atoms with Gasteiger partial charge in [-0.15, -0.1) is 0 Å². The van der Waals surface area contributed by atoms with E-state index in [4.69, 9.17) is 16.2 Å². The van der Waals surface area contributed by atoms with Gasteiger partial charge in [0.2, 0.25) is 17.7 Å². The molecule has 0 aromatic carbocycles. The van der Waals surface area contributed by atoms with Crippen molar-refractivity contribution in [3.63, 3.8) is 0 Å². The van der Waals surface area contributed by atoms with Gasteiger partial charge in [-0.2, -0.15) is 0 Å². The molecule has 4 N–H and O–H groups in total. The molecule has 1 rings (SSSR count). The van der Waals surface area contributed by atoms with E-state index in [9.17, 15) is 19.2 Å². The molecule has 0 spiro atoms. The average Bonchev–Trinajstić information content (AvgIpc) is 2.79. The molecular weight excluding hydrogens is 278 g/mol. The van der Waals surface area contributed by atoms with Crippen molar-refractivity contribution in [3.8, 4) is 0 Å². The first kappa shape index (κ1) is 17.1. The molecule has 1 heterocycles. The first-order chi connectivity index (χ1) is 9.75. The third-order valence-electron chi connectivity index (χ3n) is 3.63. The van der Waals surface area contributed by atoms with Crippen LogP contribution in [-0.4, -0.2) is 54.2 Å². The fourth-order valence-electron chi connectivity index (χ4n) is 2.21. The normalized spacial score (nSPS) is 22.9. The Kier molecular flexibility index (Phi) is 5.83. The van der Waals surface area contributed by atoms with Crippen LogP contribution in [0.2, 0.25) is 0 Å². The molecule has 1 aliphatic heterocycles. The molecule has 3 amide bonds. The maximum absolute atomic E-state index is 12.0. The number of ether oxygens (including phenoxy) is 1. The van der Waals surface area contributed by atoms with Crippen LogP contribution < -0.4 is 11.5 Å². The van der Waals surface area contributed by atoms with Gasteiger partial charge < -0.3 is 21.1 Å². The average molecular weight is 299 g/mol. The first-order valence-corrected chi connectivity index (χ1v) is 6.74. The zero-order valence-corrected chi connectivity index (χ0v) is 12.2. The minimum absolute atomic E-state index is 0.156. The van der Waals surface area contributed by atoms with Gasteiger partial charge in [-0.3, -0.25) is 19.2 Å². The van der Waals surface area contributed by atoms with Crippen LogP contribution in [0.5, 0.6) is 0 Å². The quantitative estimate of drug-likeness (QED) is 0.594. The summed E-state index contributed by atoms with van der Waals surface area (Å²) in [5.41, 5.74) is 10.3. The van der Waals surface area contributed by atoms with E-state index in [1.807, 2.05) is 0 Å². The van der Waals surface area contributed by atoms with Crippen LogP contribution in [0.25, 0.3) is 0 Å². The Balaban J connectivity index is 2.55. The number of carbonyl (C=O) groups is 4.